The van der Waals surface area contributed by atoms with Crippen LogP contribution in [-0.2, 0) is 0 Å². The van der Waals surface area contributed by atoms with E-state index in [1.54, 1.807) is 6.20 Å². The Morgan fingerprint density at radius 1 is 1.41 bits per heavy atom. The Morgan fingerprint density at radius 2 is 2.18 bits per heavy atom. The topological polar surface area (TPSA) is 53.9 Å². The van der Waals surface area contributed by atoms with Crippen LogP contribution in [0.2, 0.25) is 0 Å². The van der Waals surface area contributed by atoms with Crippen molar-refractivity contribution in [1.29, 1.82) is 0 Å². The van der Waals surface area contributed by atoms with Crippen molar-refractivity contribution in [3.8, 4) is 0 Å². The number of anilines is 3. The van der Waals surface area contributed by atoms with Crippen molar-refractivity contribution < 1.29 is 8.78 Å². The molecule has 3 heterocycles. The number of hydrogen-bond acceptors (Lipinski definition) is 6. The third-order valence-electron chi connectivity index (χ3n) is 3.58. The number of nitrogens with zero attached hydrogens (tertiary/aromatic N) is 4. The minimum absolute atomic E-state index is 0.0358. The molecule has 3 rings (SSSR count). The van der Waals surface area contributed by atoms with Gasteiger partial charge in [0.25, 0.3) is 0 Å². The van der Waals surface area contributed by atoms with Gasteiger partial charge < -0.3 is 10.2 Å². The number of hydrogen-bond donors (Lipinski definition) is 1. The van der Waals surface area contributed by atoms with E-state index in [-0.39, 0.29) is 12.3 Å². The monoisotopic (exact) mass is 325 g/mol. The first-order valence-corrected chi connectivity index (χ1v) is 7.85. The van der Waals surface area contributed by atoms with Crippen molar-refractivity contribution in [2.45, 2.75) is 26.7 Å². The molecular formula is C14H17F2N5S. The van der Waals surface area contributed by atoms with Crippen molar-refractivity contribution in [3.05, 3.63) is 23.5 Å². The normalized spacial score (nSPS) is 15.2. The lowest BCUT2D eigenvalue weighted by atomic mass is 9.96. The molecule has 8 heteroatoms. The first-order chi connectivity index (χ1) is 10.5. The summed E-state index contributed by atoms with van der Waals surface area (Å²) in [4.78, 5) is 10.8. The molecule has 1 aliphatic heterocycles. The summed E-state index contributed by atoms with van der Waals surface area (Å²) < 4.78 is 28.9. The van der Waals surface area contributed by atoms with Gasteiger partial charge in [-0.25, -0.2) is 13.8 Å². The Hall–Kier alpha value is -1.83. The van der Waals surface area contributed by atoms with Crippen LogP contribution >= 0.6 is 11.5 Å². The standard InChI is InChI=1S/C14H17F2N5S/c1-8-5-17-14(18-12-3-9(2)20-22-12)19-13(8)21-6-10(7-21)4-11(15)16/h3,5,10-11H,4,6-7H2,1-2H3,(H,17,18,19). The predicted octanol–water partition coefficient (Wildman–Crippen LogP) is 3.38. The molecule has 0 saturated carbocycles. The third kappa shape index (κ3) is 3.32. The molecule has 2 aromatic rings. The van der Waals surface area contributed by atoms with Gasteiger partial charge in [0, 0.05) is 31.3 Å². The first kappa shape index (κ1) is 15.1. The highest BCUT2D eigenvalue weighted by atomic mass is 32.1. The first-order valence-electron chi connectivity index (χ1n) is 7.08. The zero-order chi connectivity index (χ0) is 15.7. The lowest BCUT2D eigenvalue weighted by Gasteiger charge is -2.40. The summed E-state index contributed by atoms with van der Waals surface area (Å²) in [5, 5.41) is 4.01. The van der Waals surface area contributed by atoms with E-state index in [4.69, 9.17) is 0 Å². The number of rotatable bonds is 5. The van der Waals surface area contributed by atoms with E-state index in [2.05, 4.69) is 19.7 Å². The summed E-state index contributed by atoms with van der Waals surface area (Å²) in [7, 11) is 0. The highest BCUT2D eigenvalue weighted by Gasteiger charge is 2.31. The molecule has 0 spiro atoms. The Kier molecular flexibility index (Phi) is 4.19. The van der Waals surface area contributed by atoms with Gasteiger partial charge in [0.15, 0.2) is 0 Å². The fraction of sp³-hybridized carbons (Fsp3) is 0.500. The van der Waals surface area contributed by atoms with Gasteiger partial charge in [0.1, 0.15) is 10.8 Å². The maximum absolute atomic E-state index is 12.4. The Labute approximate surface area is 131 Å². The van der Waals surface area contributed by atoms with Crippen molar-refractivity contribution in [3.63, 3.8) is 0 Å². The molecule has 0 unspecified atom stereocenters. The average molecular weight is 325 g/mol. The van der Waals surface area contributed by atoms with Crippen LogP contribution in [0.25, 0.3) is 0 Å². The summed E-state index contributed by atoms with van der Waals surface area (Å²) in [6.45, 7) is 5.10. The third-order valence-corrected chi connectivity index (χ3v) is 4.37. The molecule has 1 saturated heterocycles. The molecule has 22 heavy (non-hydrogen) atoms. The van der Waals surface area contributed by atoms with Gasteiger partial charge in [-0.2, -0.15) is 9.36 Å². The van der Waals surface area contributed by atoms with Crippen LogP contribution in [0.3, 0.4) is 0 Å². The van der Waals surface area contributed by atoms with E-state index in [0.717, 1.165) is 22.1 Å². The smallest absolute Gasteiger partial charge is 0.239 e. The number of aryl methyl sites for hydroxylation is 2. The molecule has 0 aromatic carbocycles. The molecule has 2 aromatic heterocycles. The molecule has 1 aliphatic rings. The van der Waals surface area contributed by atoms with E-state index in [1.165, 1.54) is 11.5 Å². The van der Waals surface area contributed by atoms with Crippen molar-refractivity contribution in [1.82, 2.24) is 14.3 Å². The van der Waals surface area contributed by atoms with Gasteiger partial charge in [-0.1, -0.05) is 0 Å². The minimum Gasteiger partial charge on any atom is -0.356 e. The molecule has 0 aliphatic carbocycles. The van der Waals surface area contributed by atoms with Gasteiger partial charge in [-0.3, -0.25) is 0 Å². The zero-order valence-corrected chi connectivity index (χ0v) is 13.2. The van der Waals surface area contributed by atoms with Gasteiger partial charge in [-0.15, -0.1) is 0 Å². The quantitative estimate of drug-likeness (QED) is 0.913. The summed E-state index contributed by atoms with van der Waals surface area (Å²) in [5.41, 5.74) is 1.89. The van der Waals surface area contributed by atoms with Crippen LogP contribution in [0.15, 0.2) is 12.3 Å². The van der Waals surface area contributed by atoms with Crippen LogP contribution in [0.4, 0.5) is 25.5 Å². The molecule has 1 N–H and O–H groups in total. The van der Waals surface area contributed by atoms with Crippen LogP contribution in [0, 0.1) is 19.8 Å². The average Bonchev–Trinajstić information content (AvgIpc) is 2.81. The Bertz CT molecular complexity index is 654. The van der Waals surface area contributed by atoms with Gasteiger partial charge in [-0.05, 0) is 37.4 Å². The number of alkyl halides is 2. The second-order valence-electron chi connectivity index (χ2n) is 5.56. The second kappa shape index (κ2) is 6.12. The fourth-order valence-corrected chi connectivity index (χ4v) is 3.15. The van der Waals surface area contributed by atoms with Crippen LogP contribution in [0.1, 0.15) is 17.7 Å². The van der Waals surface area contributed by atoms with Gasteiger partial charge in [0.05, 0.1) is 5.69 Å². The largest absolute Gasteiger partial charge is 0.356 e. The molecule has 1 fully saturated rings. The zero-order valence-electron chi connectivity index (χ0n) is 12.4. The highest BCUT2D eigenvalue weighted by molar-refractivity contribution is 7.10. The molecular weight excluding hydrogens is 308 g/mol. The minimum atomic E-state index is -2.23. The molecule has 5 nitrogen and oxygen atoms in total. The number of halogens is 2. The second-order valence-corrected chi connectivity index (χ2v) is 6.36. The SMILES string of the molecule is Cc1cc(Nc2ncc(C)c(N3CC(CC(F)F)C3)n2)sn1. The molecule has 0 atom stereocenters. The lowest BCUT2D eigenvalue weighted by molar-refractivity contribution is 0.107. The maximum atomic E-state index is 12.4. The lowest BCUT2D eigenvalue weighted by Crippen LogP contribution is -2.48. The van der Waals surface area contributed by atoms with Gasteiger partial charge in [0.2, 0.25) is 12.4 Å². The number of aromatic nitrogens is 3. The van der Waals surface area contributed by atoms with E-state index in [0.29, 0.717) is 19.0 Å². The maximum Gasteiger partial charge on any atom is 0.239 e. The van der Waals surface area contributed by atoms with Gasteiger partial charge >= 0.3 is 0 Å². The number of nitrogens with one attached hydrogen (secondary N) is 1. The Morgan fingerprint density at radius 3 is 2.82 bits per heavy atom. The van der Waals surface area contributed by atoms with Crippen LogP contribution in [-0.4, -0.2) is 33.9 Å². The Balaban J connectivity index is 1.68. The van der Waals surface area contributed by atoms with E-state index < -0.39 is 6.43 Å². The van der Waals surface area contributed by atoms with Crippen molar-refractivity contribution in [2.24, 2.45) is 5.92 Å². The molecule has 0 amide bonds. The van der Waals surface area contributed by atoms with Crippen LogP contribution in [0.5, 0.6) is 0 Å². The van der Waals surface area contributed by atoms with E-state index >= 15 is 0 Å². The summed E-state index contributed by atoms with van der Waals surface area (Å²) in [6, 6.07) is 1.93. The van der Waals surface area contributed by atoms with E-state index in [1.807, 2.05) is 24.8 Å². The predicted molar refractivity (Wildman–Crippen MR) is 83.2 cm³/mol. The highest BCUT2D eigenvalue weighted by Crippen LogP contribution is 2.30. The molecule has 0 bridgehead atoms. The fourth-order valence-electron chi connectivity index (χ4n) is 2.49. The molecule has 118 valence electrons. The van der Waals surface area contributed by atoms with Crippen molar-refractivity contribution >= 4 is 28.3 Å². The summed E-state index contributed by atoms with van der Waals surface area (Å²) in [5.74, 6) is 1.36. The van der Waals surface area contributed by atoms with Crippen LogP contribution < -0.4 is 10.2 Å². The summed E-state index contributed by atoms with van der Waals surface area (Å²) in [6.07, 6.45) is -0.518. The van der Waals surface area contributed by atoms with Crippen molar-refractivity contribution in [2.75, 3.05) is 23.3 Å². The van der Waals surface area contributed by atoms with E-state index in [9.17, 15) is 8.78 Å². The molecule has 0 radical (unpaired) electrons. The summed E-state index contributed by atoms with van der Waals surface area (Å²) >= 11 is 1.35.